The molecule has 0 amide bonds. The summed E-state index contributed by atoms with van der Waals surface area (Å²) < 4.78 is 0. The number of phenols is 2. The Morgan fingerprint density at radius 3 is 1.96 bits per heavy atom. The average molecular weight is 359 g/mol. The summed E-state index contributed by atoms with van der Waals surface area (Å²) in [6.07, 6.45) is 0. The van der Waals surface area contributed by atoms with Crippen molar-refractivity contribution in [3.8, 4) is 11.5 Å². The summed E-state index contributed by atoms with van der Waals surface area (Å²) in [7, 11) is 0. The van der Waals surface area contributed by atoms with Crippen LogP contribution in [0.4, 0.5) is 0 Å². The number of phenolic OH excluding ortho intramolecular Hbond substituents is 2. The molecule has 0 heterocycles. The zero-order valence-electron chi connectivity index (χ0n) is 13.0. The normalized spacial score (nSPS) is 13.5. The van der Waals surface area contributed by atoms with E-state index in [1.54, 1.807) is 18.2 Å². The van der Waals surface area contributed by atoms with Crippen LogP contribution in [0.2, 0.25) is 10.0 Å². The first kappa shape index (κ1) is 16.7. The van der Waals surface area contributed by atoms with E-state index >= 15 is 0 Å². The van der Waals surface area contributed by atoms with Crippen LogP contribution >= 0.6 is 23.2 Å². The molecule has 3 aromatic carbocycles. The molecule has 0 saturated carbocycles. The third kappa shape index (κ3) is 2.83. The SMILES string of the molecule is CC(c1ccccc1)(c1ccc(O)cc1)c1cc(Cl)c(O)cc1Cl. The van der Waals surface area contributed by atoms with E-state index in [0.717, 1.165) is 16.7 Å². The number of halogens is 2. The highest BCUT2D eigenvalue weighted by atomic mass is 35.5. The fourth-order valence-electron chi connectivity index (χ4n) is 2.96. The molecule has 0 radical (unpaired) electrons. The predicted molar refractivity (Wildman–Crippen MR) is 98.2 cm³/mol. The van der Waals surface area contributed by atoms with E-state index in [-0.39, 0.29) is 16.5 Å². The zero-order chi connectivity index (χ0) is 17.3. The molecule has 0 spiro atoms. The predicted octanol–water partition coefficient (Wildman–Crippen LogP) is 5.76. The summed E-state index contributed by atoms with van der Waals surface area (Å²) in [4.78, 5) is 0. The van der Waals surface area contributed by atoms with Gasteiger partial charge < -0.3 is 10.2 Å². The van der Waals surface area contributed by atoms with Gasteiger partial charge in [-0.15, -0.1) is 0 Å². The standard InChI is InChI=1S/C20H16Cl2O2/c1-20(13-5-3-2-4-6-13,14-7-9-15(23)10-8-14)16-11-18(22)19(24)12-17(16)21/h2-12,23-24H,1H3. The molecule has 3 rings (SSSR count). The van der Waals surface area contributed by atoms with Crippen molar-refractivity contribution in [2.75, 3.05) is 0 Å². The maximum atomic E-state index is 9.82. The number of benzene rings is 3. The Balaban J connectivity index is 2.31. The first-order valence-corrected chi connectivity index (χ1v) is 8.22. The van der Waals surface area contributed by atoms with E-state index in [2.05, 4.69) is 0 Å². The van der Waals surface area contributed by atoms with E-state index in [4.69, 9.17) is 23.2 Å². The lowest BCUT2D eigenvalue weighted by Gasteiger charge is -2.33. The molecule has 0 aliphatic heterocycles. The van der Waals surface area contributed by atoms with Gasteiger partial charge in [0.05, 0.1) is 5.02 Å². The minimum absolute atomic E-state index is 0.0495. The number of rotatable bonds is 3. The van der Waals surface area contributed by atoms with Gasteiger partial charge in [0, 0.05) is 16.5 Å². The van der Waals surface area contributed by atoms with Crippen LogP contribution in [-0.2, 0) is 5.41 Å². The van der Waals surface area contributed by atoms with Gasteiger partial charge in [-0.25, -0.2) is 0 Å². The minimum Gasteiger partial charge on any atom is -0.508 e. The maximum Gasteiger partial charge on any atom is 0.135 e. The Labute approximate surface area is 150 Å². The molecule has 0 aliphatic carbocycles. The van der Waals surface area contributed by atoms with Crippen molar-refractivity contribution in [1.29, 1.82) is 0 Å². The van der Waals surface area contributed by atoms with Gasteiger partial charge in [-0.05, 0) is 41.8 Å². The molecule has 0 aliphatic rings. The third-order valence-corrected chi connectivity index (χ3v) is 4.99. The van der Waals surface area contributed by atoms with Crippen LogP contribution in [0.3, 0.4) is 0 Å². The summed E-state index contributed by atoms with van der Waals surface area (Å²) >= 11 is 12.6. The molecule has 1 unspecified atom stereocenters. The Kier molecular flexibility index (Phi) is 4.44. The lowest BCUT2D eigenvalue weighted by molar-refractivity contribution is 0.474. The fraction of sp³-hybridized carbons (Fsp3) is 0.100. The molecule has 4 heteroatoms. The zero-order valence-corrected chi connectivity index (χ0v) is 14.5. The maximum absolute atomic E-state index is 9.82. The Hall–Kier alpha value is -2.16. The number of aromatic hydroxyl groups is 2. The summed E-state index contributed by atoms with van der Waals surface area (Å²) in [6.45, 7) is 2.04. The summed E-state index contributed by atoms with van der Waals surface area (Å²) in [5.74, 6) is 0.149. The van der Waals surface area contributed by atoms with Crippen molar-refractivity contribution in [2.24, 2.45) is 0 Å². The van der Waals surface area contributed by atoms with E-state index in [9.17, 15) is 10.2 Å². The molecule has 24 heavy (non-hydrogen) atoms. The molecule has 0 saturated heterocycles. The average Bonchev–Trinajstić information content (AvgIpc) is 2.59. The Morgan fingerprint density at radius 2 is 1.33 bits per heavy atom. The quantitative estimate of drug-likeness (QED) is 0.584. The van der Waals surface area contributed by atoms with Crippen molar-refractivity contribution in [2.45, 2.75) is 12.3 Å². The highest BCUT2D eigenvalue weighted by Gasteiger charge is 2.33. The van der Waals surface area contributed by atoms with Gasteiger partial charge in [0.1, 0.15) is 11.5 Å². The van der Waals surface area contributed by atoms with Crippen molar-refractivity contribution < 1.29 is 10.2 Å². The van der Waals surface area contributed by atoms with Crippen LogP contribution in [0.5, 0.6) is 11.5 Å². The molecule has 0 aromatic heterocycles. The van der Waals surface area contributed by atoms with Crippen LogP contribution in [0.15, 0.2) is 66.7 Å². The summed E-state index contributed by atoms with van der Waals surface area (Å²) in [5, 5.41) is 20.1. The van der Waals surface area contributed by atoms with E-state index < -0.39 is 5.41 Å². The van der Waals surface area contributed by atoms with E-state index in [1.807, 2.05) is 49.4 Å². The van der Waals surface area contributed by atoms with Gasteiger partial charge in [0.2, 0.25) is 0 Å². The van der Waals surface area contributed by atoms with Crippen molar-refractivity contribution in [1.82, 2.24) is 0 Å². The van der Waals surface area contributed by atoms with Crippen LogP contribution in [0, 0.1) is 0 Å². The van der Waals surface area contributed by atoms with Crippen molar-refractivity contribution >= 4 is 23.2 Å². The molecule has 0 fully saturated rings. The van der Waals surface area contributed by atoms with Gasteiger partial charge in [-0.2, -0.15) is 0 Å². The molecular weight excluding hydrogens is 343 g/mol. The topological polar surface area (TPSA) is 40.5 Å². The second-order valence-electron chi connectivity index (χ2n) is 5.82. The first-order chi connectivity index (χ1) is 11.4. The lowest BCUT2D eigenvalue weighted by atomic mass is 9.71. The van der Waals surface area contributed by atoms with Crippen LogP contribution in [-0.4, -0.2) is 10.2 Å². The van der Waals surface area contributed by atoms with Gasteiger partial charge in [-0.1, -0.05) is 65.7 Å². The molecule has 2 N–H and O–H groups in total. The molecule has 2 nitrogen and oxygen atoms in total. The smallest absolute Gasteiger partial charge is 0.135 e. The monoisotopic (exact) mass is 358 g/mol. The van der Waals surface area contributed by atoms with Crippen LogP contribution in [0.25, 0.3) is 0 Å². The fourth-order valence-corrected chi connectivity index (χ4v) is 3.47. The van der Waals surface area contributed by atoms with Gasteiger partial charge in [0.15, 0.2) is 0 Å². The largest absolute Gasteiger partial charge is 0.508 e. The highest BCUT2D eigenvalue weighted by Crippen LogP contribution is 2.44. The van der Waals surface area contributed by atoms with Crippen LogP contribution < -0.4 is 0 Å². The van der Waals surface area contributed by atoms with Crippen LogP contribution in [0.1, 0.15) is 23.6 Å². The molecule has 3 aromatic rings. The second kappa shape index (κ2) is 6.39. The van der Waals surface area contributed by atoms with Crippen molar-refractivity contribution in [3.63, 3.8) is 0 Å². The number of hydrogen-bond donors (Lipinski definition) is 2. The highest BCUT2D eigenvalue weighted by molar-refractivity contribution is 6.34. The van der Waals surface area contributed by atoms with Gasteiger partial charge >= 0.3 is 0 Å². The lowest BCUT2D eigenvalue weighted by Crippen LogP contribution is -2.25. The third-order valence-electron chi connectivity index (χ3n) is 4.37. The Morgan fingerprint density at radius 1 is 0.750 bits per heavy atom. The van der Waals surface area contributed by atoms with Crippen molar-refractivity contribution in [3.05, 3.63) is 93.5 Å². The molecule has 0 bridgehead atoms. The van der Waals surface area contributed by atoms with Gasteiger partial charge in [-0.3, -0.25) is 0 Å². The first-order valence-electron chi connectivity index (χ1n) is 7.46. The second-order valence-corrected chi connectivity index (χ2v) is 6.64. The summed E-state index contributed by atoms with van der Waals surface area (Å²) in [6, 6.07) is 20.1. The van der Waals surface area contributed by atoms with E-state index in [1.165, 1.54) is 6.07 Å². The van der Waals surface area contributed by atoms with Gasteiger partial charge in [0.25, 0.3) is 0 Å². The molecule has 122 valence electrons. The van der Waals surface area contributed by atoms with E-state index in [0.29, 0.717) is 5.02 Å². The molecule has 1 atom stereocenters. The minimum atomic E-state index is -0.594. The molecular formula is C20H16Cl2O2. The Bertz CT molecular complexity index is 861. The summed E-state index contributed by atoms with van der Waals surface area (Å²) in [5.41, 5.74) is 2.17. The number of hydrogen-bond acceptors (Lipinski definition) is 2.